The first kappa shape index (κ1) is 20.4. The molecule has 1 aliphatic carbocycles. The molecule has 1 aliphatic heterocycles. The summed E-state index contributed by atoms with van der Waals surface area (Å²) in [6, 6.07) is 13.8. The number of pyridine rings is 1. The summed E-state index contributed by atoms with van der Waals surface area (Å²) < 4.78 is 0. The molecular weight excluding hydrogens is 376 g/mol. The van der Waals surface area contributed by atoms with Crippen molar-refractivity contribution in [2.24, 2.45) is 5.92 Å². The lowest BCUT2D eigenvalue weighted by atomic mass is 10.1. The first-order chi connectivity index (χ1) is 14.7. The molecule has 1 aromatic carbocycles. The van der Waals surface area contributed by atoms with Crippen LogP contribution in [0, 0.1) is 5.92 Å². The van der Waals surface area contributed by atoms with Crippen LogP contribution in [0.25, 0.3) is 0 Å². The topological polar surface area (TPSA) is 65.5 Å². The van der Waals surface area contributed by atoms with E-state index in [2.05, 4.69) is 15.2 Å². The molecule has 6 heteroatoms. The molecule has 2 heterocycles. The van der Waals surface area contributed by atoms with E-state index in [4.69, 9.17) is 0 Å². The second kappa shape index (κ2) is 9.74. The van der Waals surface area contributed by atoms with Crippen LogP contribution < -0.4 is 10.2 Å². The minimum Gasteiger partial charge on any atom is -0.355 e. The Morgan fingerprint density at radius 3 is 2.47 bits per heavy atom. The number of hydrogen-bond acceptors (Lipinski definition) is 4. The molecule has 6 nitrogen and oxygen atoms in total. The number of aromatic nitrogens is 1. The molecule has 0 bridgehead atoms. The van der Waals surface area contributed by atoms with Crippen LogP contribution in [0.1, 0.15) is 37.7 Å². The van der Waals surface area contributed by atoms with E-state index >= 15 is 0 Å². The smallest absolute Gasteiger partial charge is 0.227 e. The van der Waals surface area contributed by atoms with Crippen LogP contribution >= 0.6 is 0 Å². The summed E-state index contributed by atoms with van der Waals surface area (Å²) >= 11 is 0. The molecule has 0 spiro atoms. The quantitative estimate of drug-likeness (QED) is 0.826. The number of carbonyl (C=O) groups excluding carboxylic acids is 2. The lowest BCUT2D eigenvalue weighted by Crippen LogP contribution is -2.36. The molecule has 1 N–H and O–H groups in total. The number of rotatable bonds is 5. The molecule has 0 atom stereocenters. The van der Waals surface area contributed by atoms with Crippen LogP contribution in [0.3, 0.4) is 0 Å². The number of nitrogens with one attached hydrogen (secondary N) is 1. The Bertz CT molecular complexity index is 847. The van der Waals surface area contributed by atoms with Crippen LogP contribution in [0.2, 0.25) is 0 Å². The van der Waals surface area contributed by atoms with E-state index in [0.29, 0.717) is 13.0 Å². The summed E-state index contributed by atoms with van der Waals surface area (Å²) in [7, 11) is 0. The Hall–Kier alpha value is -2.89. The van der Waals surface area contributed by atoms with E-state index < -0.39 is 0 Å². The molecule has 2 amide bonds. The number of benzene rings is 1. The highest BCUT2D eigenvalue weighted by molar-refractivity contribution is 5.92. The molecule has 30 heavy (non-hydrogen) atoms. The SMILES string of the molecule is O=C(Nc1ccc(N2CCCN(C(=O)Cc3ccccc3)CC2)nc1)C1CCCC1. The summed E-state index contributed by atoms with van der Waals surface area (Å²) in [5, 5.41) is 3.00. The van der Waals surface area contributed by atoms with E-state index in [1.165, 1.54) is 0 Å². The largest absolute Gasteiger partial charge is 0.355 e. The molecule has 2 aliphatic rings. The van der Waals surface area contributed by atoms with E-state index in [0.717, 1.165) is 68.8 Å². The van der Waals surface area contributed by atoms with Crippen molar-refractivity contribution in [2.45, 2.75) is 38.5 Å². The van der Waals surface area contributed by atoms with Crippen molar-refractivity contribution in [1.29, 1.82) is 0 Å². The van der Waals surface area contributed by atoms with Gasteiger partial charge in [-0.1, -0.05) is 43.2 Å². The standard InChI is InChI=1S/C24H30N4O2/c29-23(17-19-7-2-1-3-8-19)28-14-6-13-27(15-16-28)22-12-11-21(18-25-22)26-24(30)20-9-4-5-10-20/h1-3,7-8,11-12,18,20H,4-6,9-10,13-17H2,(H,26,30). The van der Waals surface area contributed by atoms with Gasteiger partial charge in [0.15, 0.2) is 0 Å². The lowest BCUT2D eigenvalue weighted by molar-refractivity contribution is -0.130. The predicted octanol–water partition coefficient (Wildman–Crippen LogP) is 3.49. The maximum atomic E-state index is 12.7. The van der Waals surface area contributed by atoms with Gasteiger partial charge in [0.1, 0.15) is 5.82 Å². The number of nitrogens with zero attached hydrogens (tertiary/aromatic N) is 3. The van der Waals surface area contributed by atoms with Gasteiger partial charge in [0.2, 0.25) is 11.8 Å². The van der Waals surface area contributed by atoms with Gasteiger partial charge in [0.25, 0.3) is 0 Å². The van der Waals surface area contributed by atoms with Crippen molar-refractivity contribution in [3.8, 4) is 0 Å². The Balaban J connectivity index is 1.30. The van der Waals surface area contributed by atoms with E-state index in [-0.39, 0.29) is 17.7 Å². The summed E-state index contributed by atoms with van der Waals surface area (Å²) in [6.07, 6.45) is 7.39. The van der Waals surface area contributed by atoms with Gasteiger partial charge in [0, 0.05) is 32.1 Å². The van der Waals surface area contributed by atoms with Gasteiger partial charge >= 0.3 is 0 Å². The maximum Gasteiger partial charge on any atom is 0.227 e. The van der Waals surface area contributed by atoms with Crippen molar-refractivity contribution in [1.82, 2.24) is 9.88 Å². The average molecular weight is 407 g/mol. The van der Waals surface area contributed by atoms with Gasteiger partial charge in [0.05, 0.1) is 18.3 Å². The lowest BCUT2D eigenvalue weighted by Gasteiger charge is -2.23. The zero-order chi connectivity index (χ0) is 20.8. The summed E-state index contributed by atoms with van der Waals surface area (Å²) in [4.78, 5) is 33.7. The third-order valence-electron chi connectivity index (χ3n) is 6.11. The van der Waals surface area contributed by atoms with Crippen LogP contribution in [-0.4, -0.2) is 47.9 Å². The highest BCUT2D eigenvalue weighted by atomic mass is 16.2. The third kappa shape index (κ3) is 5.17. The summed E-state index contributed by atoms with van der Waals surface area (Å²) in [5.74, 6) is 1.34. The molecule has 4 rings (SSSR count). The molecule has 158 valence electrons. The summed E-state index contributed by atoms with van der Waals surface area (Å²) in [6.45, 7) is 3.11. The minimum atomic E-state index is 0.115. The van der Waals surface area contributed by atoms with Crippen LogP contribution in [-0.2, 0) is 16.0 Å². The zero-order valence-electron chi connectivity index (χ0n) is 17.4. The number of hydrogen-bond donors (Lipinski definition) is 1. The monoisotopic (exact) mass is 406 g/mol. The Morgan fingerprint density at radius 1 is 0.933 bits per heavy atom. The fraction of sp³-hybridized carbons (Fsp3) is 0.458. The van der Waals surface area contributed by atoms with Crippen molar-refractivity contribution in [2.75, 3.05) is 36.4 Å². The molecule has 1 saturated heterocycles. The highest BCUT2D eigenvalue weighted by Gasteiger charge is 2.23. The van der Waals surface area contributed by atoms with Gasteiger partial charge in [-0.2, -0.15) is 0 Å². The molecule has 1 saturated carbocycles. The number of anilines is 2. The van der Waals surface area contributed by atoms with Crippen molar-refractivity contribution >= 4 is 23.3 Å². The Labute approximate surface area is 178 Å². The van der Waals surface area contributed by atoms with E-state index in [9.17, 15) is 9.59 Å². The van der Waals surface area contributed by atoms with Crippen LogP contribution in [0.4, 0.5) is 11.5 Å². The Kier molecular flexibility index (Phi) is 6.62. The minimum absolute atomic E-state index is 0.115. The fourth-order valence-electron chi connectivity index (χ4n) is 4.36. The zero-order valence-corrected chi connectivity index (χ0v) is 17.4. The van der Waals surface area contributed by atoms with Crippen molar-refractivity contribution in [3.63, 3.8) is 0 Å². The maximum absolute atomic E-state index is 12.7. The first-order valence-corrected chi connectivity index (χ1v) is 11.0. The Morgan fingerprint density at radius 2 is 1.73 bits per heavy atom. The first-order valence-electron chi connectivity index (χ1n) is 11.0. The normalized spacial score (nSPS) is 17.6. The van der Waals surface area contributed by atoms with Gasteiger partial charge < -0.3 is 15.1 Å². The number of carbonyl (C=O) groups is 2. The van der Waals surface area contributed by atoms with Gasteiger partial charge in [-0.25, -0.2) is 4.98 Å². The van der Waals surface area contributed by atoms with E-state index in [1.54, 1.807) is 6.20 Å². The number of amides is 2. The van der Waals surface area contributed by atoms with Gasteiger partial charge in [-0.3, -0.25) is 9.59 Å². The molecular formula is C24H30N4O2. The van der Waals surface area contributed by atoms with Crippen LogP contribution in [0.5, 0.6) is 0 Å². The van der Waals surface area contributed by atoms with Crippen molar-refractivity contribution in [3.05, 3.63) is 54.2 Å². The molecule has 1 aromatic heterocycles. The van der Waals surface area contributed by atoms with Gasteiger partial charge in [-0.15, -0.1) is 0 Å². The average Bonchev–Trinajstić information content (AvgIpc) is 3.20. The molecule has 0 unspecified atom stereocenters. The van der Waals surface area contributed by atoms with E-state index in [1.807, 2.05) is 47.4 Å². The van der Waals surface area contributed by atoms with Crippen molar-refractivity contribution < 1.29 is 9.59 Å². The fourth-order valence-corrected chi connectivity index (χ4v) is 4.36. The molecule has 2 fully saturated rings. The third-order valence-corrected chi connectivity index (χ3v) is 6.11. The predicted molar refractivity (Wildman–Crippen MR) is 118 cm³/mol. The second-order valence-electron chi connectivity index (χ2n) is 8.26. The van der Waals surface area contributed by atoms with Crippen LogP contribution in [0.15, 0.2) is 48.7 Å². The highest BCUT2D eigenvalue weighted by Crippen LogP contribution is 2.26. The molecule has 2 aromatic rings. The van der Waals surface area contributed by atoms with Gasteiger partial charge in [-0.05, 0) is 37.0 Å². The molecule has 0 radical (unpaired) electrons. The summed E-state index contributed by atoms with van der Waals surface area (Å²) in [5.41, 5.74) is 1.81. The second-order valence-corrected chi connectivity index (χ2v) is 8.26.